The minimum absolute atomic E-state index is 0.100. The Morgan fingerprint density at radius 3 is 2.21 bits per heavy atom. The quantitative estimate of drug-likeness (QED) is 0.264. The second-order valence-corrected chi connectivity index (χ2v) is 6.97. The summed E-state index contributed by atoms with van der Waals surface area (Å²) in [4.78, 5) is 12.8. The number of alkyl halides is 1. The van der Waals surface area contributed by atoms with E-state index in [0.29, 0.717) is 12.8 Å². The van der Waals surface area contributed by atoms with Crippen molar-refractivity contribution in [1.29, 1.82) is 0 Å². The Labute approximate surface area is 171 Å². The third-order valence-electron chi connectivity index (χ3n) is 4.34. The van der Waals surface area contributed by atoms with Crippen LogP contribution < -0.4 is 0 Å². The lowest BCUT2D eigenvalue weighted by Crippen LogP contribution is -2.36. The molecule has 0 saturated carbocycles. The fourth-order valence-corrected chi connectivity index (χ4v) is 3.05. The molecule has 2 aromatic carbocycles. The maximum atomic E-state index is 12.8. The van der Waals surface area contributed by atoms with Gasteiger partial charge in [0.05, 0.1) is 11.5 Å². The molecule has 5 heteroatoms. The van der Waals surface area contributed by atoms with Crippen molar-refractivity contribution >= 4 is 23.6 Å². The number of rotatable bonds is 10. The fraction of sp³-hybridized carbons (Fsp3) is 0.348. The summed E-state index contributed by atoms with van der Waals surface area (Å²) in [5.41, 5.74) is 1.77. The van der Waals surface area contributed by atoms with Crippen molar-refractivity contribution in [2.75, 3.05) is 0 Å². The van der Waals surface area contributed by atoms with Crippen LogP contribution in [0.2, 0.25) is 0 Å². The average Bonchev–Trinajstić information content (AvgIpc) is 2.75. The molecule has 2 aromatic rings. The standard InChI is InChI=1S/C23H27ClO4/c1-3-19(25)22(24)20(4-2)28-23(26)21(15-17-11-7-5-8-12-17)27-16-18-13-9-6-10-14-18/h5-15,19-20,22,25H,3-4,16H2,1-2H3/t19-,20+,22?/m1/s1. The van der Waals surface area contributed by atoms with E-state index < -0.39 is 23.6 Å². The van der Waals surface area contributed by atoms with Crippen LogP contribution in [0.25, 0.3) is 6.08 Å². The second kappa shape index (κ2) is 11.5. The molecule has 3 atom stereocenters. The summed E-state index contributed by atoms with van der Waals surface area (Å²) in [6.07, 6.45) is 1.28. The summed E-state index contributed by atoms with van der Waals surface area (Å²) in [6.45, 7) is 3.94. The van der Waals surface area contributed by atoms with Gasteiger partial charge in [-0.25, -0.2) is 4.79 Å². The summed E-state index contributed by atoms with van der Waals surface area (Å²) >= 11 is 6.29. The number of aliphatic hydroxyl groups excluding tert-OH is 1. The van der Waals surface area contributed by atoms with Crippen LogP contribution in [0.1, 0.15) is 37.8 Å². The van der Waals surface area contributed by atoms with E-state index in [2.05, 4.69) is 0 Å². The predicted octanol–water partition coefficient (Wildman–Crippen LogP) is 4.94. The zero-order valence-electron chi connectivity index (χ0n) is 16.3. The normalized spacial score (nSPS) is 14.8. The van der Waals surface area contributed by atoms with Gasteiger partial charge in [0.1, 0.15) is 12.7 Å². The highest BCUT2D eigenvalue weighted by Gasteiger charge is 2.29. The molecule has 1 N–H and O–H groups in total. The molecular formula is C23H27ClO4. The molecule has 2 rings (SSSR count). The van der Waals surface area contributed by atoms with Gasteiger partial charge in [-0.3, -0.25) is 0 Å². The number of carbonyl (C=O) groups excluding carboxylic acids is 1. The van der Waals surface area contributed by atoms with Crippen molar-refractivity contribution in [3.63, 3.8) is 0 Å². The van der Waals surface area contributed by atoms with Gasteiger partial charge >= 0.3 is 5.97 Å². The molecule has 0 aliphatic carbocycles. The zero-order valence-corrected chi connectivity index (χ0v) is 17.0. The van der Waals surface area contributed by atoms with E-state index in [0.717, 1.165) is 11.1 Å². The Kier molecular flexibility index (Phi) is 9.05. The summed E-state index contributed by atoms with van der Waals surface area (Å²) in [5, 5.41) is 9.32. The fourth-order valence-electron chi connectivity index (χ4n) is 2.64. The minimum Gasteiger partial charge on any atom is -0.482 e. The SMILES string of the molecule is CC[C@@H](O)C(Cl)[C@H](CC)OC(=O)C(=Cc1ccccc1)OCc1ccccc1. The van der Waals surface area contributed by atoms with Crippen molar-refractivity contribution in [1.82, 2.24) is 0 Å². The first-order valence-corrected chi connectivity index (χ1v) is 9.95. The van der Waals surface area contributed by atoms with Gasteiger partial charge in [0.15, 0.2) is 0 Å². The van der Waals surface area contributed by atoms with Crippen LogP contribution >= 0.6 is 11.6 Å². The topological polar surface area (TPSA) is 55.8 Å². The molecule has 0 fully saturated rings. The van der Waals surface area contributed by atoms with Gasteiger partial charge in [-0.2, -0.15) is 0 Å². The van der Waals surface area contributed by atoms with Crippen LogP contribution in [0.15, 0.2) is 66.4 Å². The van der Waals surface area contributed by atoms with Crippen molar-refractivity contribution in [2.45, 2.75) is 50.9 Å². The van der Waals surface area contributed by atoms with Crippen molar-refractivity contribution in [3.05, 3.63) is 77.5 Å². The molecular weight excluding hydrogens is 376 g/mol. The minimum atomic E-state index is -0.744. The van der Waals surface area contributed by atoms with Gasteiger partial charge in [0.2, 0.25) is 5.76 Å². The van der Waals surface area contributed by atoms with Gasteiger partial charge in [0, 0.05) is 0 Å². The molecule has 0 spiro atoms. The lowest BCUT2D eigenvalue weighted by molar-refractivity contribution is -0.149. The van der Waals surface area contributed by atoms with Gasteiger partial charge in [-0.05, 0) is 30.0 Å². The van der Waals surface area contributed by atoms with E-state index in [1.54, 1.807) is 6.08 Å². The number of esters is 1. The van der Waals surface area contributed by atoms with Crippen LogP contribution in [-0.4, -0.2) is 28.7 Å². The number of hydrogen-bond donors (Lipinski definition) is 1. The van der Waals surface area contributed by atoms with Crippen LogP contribution in [0.3, 0.4) is 0 Å². The summed E-state index contributed by atoms with van der Waals surface area (Å²) in [6, 6.07) is 19.0. The molecule has 0 aliphatic rings. The number of aliphatic hydroxyl groups is 1. The Bertz CT molecular complexity index is 746. The van der Waals surface area contributed by atoms with E-state index in [4.69, 9.17) is 21.1 Å². The Hall–Kier alpha value is -2.30. The predicted molar refractivity (Wildman–Crippen MR) is 112 cm³/mol. The van der Waals surface area contributed by atoms with Crippen molar-refractivity contribution in [2.24, 2.45) is 0 Å². The largest absolute Gasteiger partial charge is 0.482 e. The Balaban J connectivity index is 2.17. The zero-order chi connectivity index (χ0) is 20.4. The summed E-state index contributed by atoms with van der Waals surface area (Å²) < 4.78 is 11.4. The third-order valence-corrected chi connectivity index (χ3v) is 4.91. The molecule has 150 valence electrons. The van der Waals surface area contributed by atoms with E-state index in [9.17, 15) is 9.90 Å². The van der Waals surface area contributed by atoms with E-state index in [1.165, 1.54) is 0 Å². The molecule has 0 saturated heterocycles. The van der Waals surface area contributed by atoms with E-state index >= 15 is 0 Å². The summed E-state index contributed by atoms with van der Waals surface area (Å²) in [7, 11) is 0. The van der Waals surface area contributed by atoms with Crippen molar-refractivity contribution in [3.8, 4) is 0 Å². The van der Waals surface area contributed by atoms with Crippen molar-refractivity contribution < 1.29 is 19.4 Å². The number of benzene rings is 2. The molecule has 28 heavy (non-hydrogen) atoms. The number of hydrogen-bond acceptors (Lipinski definition) is 4. The number of ether oxygens (including phenoxy) is 2. The molecule has 1 unspecified atom stereocenters. The van der Waals surface area contributed by atoms with Gasteiger partial charge in [-0.1, -0.05) is 74.5 Å². The molecule has 4 nitrogen and oxygen atoms in total. The van der Waals surface area contributed by atoms with Gasteiger partial charge < -0.3 is 14.6 Å². The lowest BCUT2D eigenvalue weighted by Gasteiger charge is -2.25. The first-order chi connectivity index (χ1) is 13.5. The molecule has 0 radical (unpaired) electrons. The van der Waals surface area contributed by atoms with Gasteiger partial charge in [-0.15, -0.1) is 11.6 Å². The third kappa shape index (κ3) is 6.70. The highest BCUT2D eigenvalue weighted by molar-refractivity contribution is 6.21. The molecule has 0 amide bonds. The number of halogens is 1. The highest BCUT2D eigenvalue weighted by atomic mass is 35.5. The first-order valence-electron chi connectivity index (χ1n) is 9.51. The monoisotopic (exact) mass is 402 g/mol. The smallest absolute Gasteiger partial charge is 0.373 e. The second-order valence-electron chi connectivity index (χ2n) is 6.47. The first kappa shape index (κ1) is 22.0. The maximum absolute atomic E-state index is 12.8. The Morgan fingerprint density at radius 2 is 1.64 bits per heavy atom. The van der Waals surface area contributed by atoms with Gasteiger partial charge in [0.25, 0.3) is 0 Å². The van der Waals surface area contributed by atoms with Crippen LogP contribution in [0.4, 0.5) is 0 Å². The average molecular weight is 403 g/mol. The molecule has 0 heterocycles. The van der Waals surface area contributed by atoms with E-state index in [-0.39, 0.29) is 12.4 Å². The molecule has 0 aliphatic heterocycles. The molecule has 0 bridgehead atoms. The Morgan fingerprint density at radius 1 is 1.04 bits per heavy atom. The van der Waals surface area contributed by atoms with Crippen LogP contribution in [0, 0.1) is 0 Å². The van der Waals surface area contributed by atoms with Crippen LogP contribution in [0.5, 0.6) is 0 Å². The van der Waals surface area contributed by atoms with Crippen LogP contribution in [-0.2, 0) is 20.9 Å². The summed E-state index contributed by atoms with van der Waals surface area (Å²) in [5.74, 6) is -0.496. The molecule has 0 aromatic heterocycles. The van der Waals surface area contributed by atoms with E-state index in [1.807, 2.05) is 74.5 Å². The maximum Gasteiger partial charge on any atom is 0.373 e. The lowest BCUT2D eigenvalue weighted by atomic mass is 10.1. The highest BCUT2D eigenvalue weighted by Crippen LogP contribution is 2.20. The number of carbonyl (C=O) groups is 1.